The van der Waals surface area contributed by atoms with Crippen LogP contribution in [0.15, 0.2) is 57.3 Å². The van der Waals surface area contributed by atoms with Crippen LogP contribution < -0.4 is 10.9 Å². The fraction of sp³-hybridized carbons (Fsp3) is 0.333. The number of hydrogen-bond acceptors (Lipinski definition) is 5. The number of aromatic nitrogens is 2. The predicted molar refractivity (Wildman–Crippen MR) is 123 cm³/mol. The topological polar surface area (TPSA) is 70.9 Å². The molecule has 0 bridgehead atoms. The third kappa shape index (κ3) is 4.11. The number of thiophene rings is 1. The van der Waals surface area contributed by atoms with Gasteiger partial charge in [0.1, 0.15) is 16.4 Å². The van der Waals surface area contributed by atoms with Crippen LogP contribution in [0, 0.1) is 5.92 Å². The molecule has 156 valence electrons. The molecule has 0 aliphatic carbocycles. The zero-order valence-corrected chi connectivity index (χ0v) is 18.5. The molecule has 0 saturated heterocycles. The Morgan fingerprint density at radius 2 is 1.83 bits per heavy atom. The number of furan rings is 1. The molecule has 2 N–H and O–H groups in total. The van der Waals surface area contributed by atoms with Crippen molar-refractivity contribution in [3.8, 4) is 11.3 Å². The standard InChI is InChI=1S/C24H27N3O2S/c1-14(2)16-7-9-17(10-8-16)22(15(3)4)25-12-20-26-23(28)21-18(13-30-24(21)27-20)19-6-5-11-29-19/h5-11,13-15,22,25H,12H2,1-4H3,(H,26,27,28)/t22-/m0/s1. The molecule has 4 rings (SSSR count). The highest BCUT2D eigenvalue weighted by Crippen LogP contribution is 2.31. The zero-order chi connectivity index (χ0) is 21.3. The summed E-state index contributed by atoms with van der Waals surface area (Å²) in [7, 11) is 0. The normalized spacial score (nSPS) is 12.9. The molecule has 5 nitrogen and oxygen atoms in total. The number of fused-ring (bicyclic) bond motifs is 1. The summed E-state index contributed by atoms with van der Waals surface area (Å²) >= 11 is 1.46. The maximum Gasteiger partial charge on any atom is 0.260 e. The van der Waals surface area contributed by atoms with Gasteiger partial charge in [-0.3, -0.25) is 4.79 Å². The number of aromatic amines is 1. The largest absolute Gasteiger partial charge is 0.464 e. The maximum absolute atomic E-state index is 12.8. The Labute approximate surface area is 180 Å². The average molecular weight is 422 g/mol. The van der Waals surface area contributed by atoms with Gasteiger partial charge in [0.15, 0.2) is 0 Å². The highest BCUT2D eigenvalue weighted by Gasteiger charge is 2.18. The molecular weight excluding hydrogens is 394 g/mol. The first kappa shape index (κ1) is 20.6. The van der Waals surface area contributed by atoms with Crippen LogP contribution in [0.1, 0.15) is 56.6 Å². The van der Waals surface area contributed by atoms with Gasteiger partial charge in [-0.25, -0.2) is 4.98 Å². The van der Waals surface area contributed by atoms with Crippen LogP contribution in [0.2, 0.25) is 0 Å². The molecule has 0 spiro atoms. The Kier molecular flexibility index (Phi) is 5.88. The number of nitrogens with one attached hydrogen (secondary N) is 2. The van der Waals surface area contributed by atoms with E-state index in [1.54, 1.807) is 6.26 Å². The molecule has 1 aromatic carbocycles. The van der Waals surface area contributed by atoms with Crippen LogP contribution in [-0.4, -0.2) is 9.97 Å². The smallest absolute Gasteiger partial charge is 0.260 e. The first-order valence-electron chi connectivity index (χ1n) is 10.3. The highest BCUT2D eigenvalue weighted by molar-refractivity contribution is 7.17. The Hall–Kier alpha value is -2.70. The van der Waals surface area contributed by atoms with Crippen molar-refractivity contribution in [1.82, 2.24) is 15.3 Å². The first-order valence-corrected chi connectivity index (χ1v) is 11.2. The Balaban J connectivity index is 1.56. The lowest BCUT2D eigenvalue weighted by molar-refractivity contribution is 0.406. The van der Waals surface area contributed by atoms with Gasteiger partial charge in [0.25, 0.3) is 5.56 Å². The summed E-state index contributed by atoms with van der Waals surface area (Å²) in [5.41, 5.74) is 3.24. The second-order valence-corrected chi connectivity index (χ2v) is 9.10. The molecule has 0 aliphatic heterocycles. The summed E-state index contributed by atoms with van der Waals surface area (Å²) in [6.07, 6.45) is 1.61. The summed E-state index contributed by atoms with van der Waals surface area (Å²) in [5.74, 6) is 2.24. The molecule has 4 aromatic rings. The summed E-state index contributed by atoms with van der Waals surface area (Å²) in [5, 5.41) is 6.09. The third-order valence-corrected chi connectivity index (χ3v) is 6.27. The molecule has 3 heterocycles. The molecule has 30 heavy (non-hydrogen) atoms. The van der Waals surface area contributed by atoms with Gasteiger partial charge in [-0.1, -0.05) is 52.0 Å². The van der Waals surface area contributed by atoms with Gasteiger partial charge in [-0.2, -0.15) is 0 Å². The van der Waals surface area contributed by atoms with Crippen molar-refractivity contribution in [3.05, 3.63) is 75.3 Å². The van der Waals surface area contributed by atoms with E-state index in [1.807, 2.05) is 17.5 Å². The molecule has 0 amide bonds. The summed E-state index contributed by atoms with van der Waals surface area (Å²) < 4.78 is 5.46. The van der Waals surface area contributed by atoms with Crippen molar-refractivity contribution in [2.75, 3.05) is 0 Å². The predicted octanol–water partition coefficient (Wildman–Crippen LogP) is 5.85. The number of rotatable bonds is 7. The third-order valence-electron chi connectivity index (χ3n) is 5.40. The van der Waals surface area contributed by atoms with E-state index < -0.39 is 0 Å². The molecule has 1 atom stereocenters. The monoisotopic (exact) mass is 421 g/mol. The number of H-pyrrole nitrogens is 1. The van der Waals surface area contributed by atoms with E-state index in [-0.39, 0.29) is 11.6 Å². The van der Waals surface area contributed by atoms with Gasteiger partial charge >= 0.3 is 0 Å². The lowest BCUT2D eigenvalue weighted by atomic mass is 9.93. The van der Waals surface area contributed by atoms with E-state index in [0.717, 1.165) is 10.4 Å². The van der Waals surface area contributed by atoms with Crippen LogP contribution in [0.3, 0.4) is 0 Å². The van der Waals surface area contributed by atoms with Crippen molar-refractivity contribution >= 4 is 21.6 Å². The molecule has 0 radical (unpaired) electrons. The molecule has 0 unspecified atom stereocenters. The second-order valence-electron chi connectivity index (χ2n) is 8.24. The van der Waals surface area contributed by atoms with Gasteiger partial charge in [-0.15, -0.1) is 11.3 Å². The van der Waals surface area contributed by atoms with E-state index in [1.165, 1.54) is 22.5 Å². The number of benzene rings is 1. The molecule has 3 aromatic heterocycles. The van der Waals surface area contributed by atoms with Crippen LogP contribution in [0.5, 0.6) is 0 Å². The van der Waals surface area contributed by atoms with Crippen LogP contribution in [0.4, 0.5) is 0 Å². The Morgan fingerprint density at radius 3 is 2.47 bits per heavy atom. The minimum Gasteiger partial charge on any atom is -0.464 e. The van der Waals surface area contributed by atoms with Crippen molar-refractivity contribution in [3.63, 3.8) is 0 Å². The van der Waals surface area contributed by atoms with Gasteiger partial charge in [0.2, 0.25) is 0 Å². The van der Waals surface area contributed by atoms with Crippen LogP contribution in [0.25, 0.3) is 21.5 Å². The van der Waals surface area contributed by atoms with Gasteiger partial charge < -0.3 is 14.7 Å². The quantitative estimate of drug-likeness (QED) is 0.392. The molecule has 0 aliphatic rings. The van der Waals surface area contributed by atoms with Crippen molar-refractivity contribution in [2.45, 2.75) is 46.2 Å². The molecule has 0 saturated carbocycles. The first-order chi connectivity index (χ1) is 14.4. The SMILES string of the molecule is CC(C)c1ccc([C@@H](NCc2nc3scc(-c4ccco4)c3c(=O)[nH]2)C(C)C)cc1. The maximum atomic E-state index is 12.8. The average Bonchev–Trinajstić information content (AvgIpc) is 3.38. The fourth-order valence-electron chi connectivity index (χ4n) is 3.72. The summed E-state index contributed by atoms with van der Waals surface area (Å²) in [6, 6.07) is 12.6. The minimum absolute atomic E-state index is 0.133. The summed E-state index contributed by atoms with van der Waals surface area (Å²) in [6.45, 7) is 9.29. The lowest BCUT2D eigenvalue weighted by Gasteiger charge is -2.23. The van der Waals surface area contributed by atoms with Crippen molar-refractivity contribution in [1.29, 1.82) is 0 Å². The fourth-order valence-corrected chi connectivity index (χ4v) is 4.67. The number of hydrogen-bond donors (Lipinski definition) is 2. The van der Waals surface area contributed by atoms with Gasteiger partial charge in [0, 0.05) is 17.0 Å². The summed E-state index contributed by atoms with van der Waals surface area (Å²) in [4.78, 5) is 21.1. The van der Waals surface area contributed by atoms with Gasteiger partial charge in [-0.05, 0) is 35.1 Å². The van der Waals surface area contributed by atoms with E-state index in [9.17, 15) is 4.79 Å². The van der Waals surface area contributed by atoms with E-state index in [4.69, 9.17) is 4.42 Å². The molecule has 6 heteroatoms. The van der Waals surface area contributed by atoms with E-state index >= 15 is 0 Å². The van der Waals surface area contributed by atoms with Gasteiger partial charge in [0.05, 0.1) is 18.2 Å². The minimum atomic E-state index is -0.133. The van der Waals surface area contributed by atoms with E-state index in [0.29, 0.717) is 35.4 Å². The molecule has 0 fully saturated rings. The van der Waals surface area contributed by atoms with Crippen LogP contribution in [-0.2, 0) is 6.54 Å². The van der Waals surface area contributed by atoms with Crippen molar-refractivity contribution < 1.29 is 4.42 Å². The lowest BCUT2D eigenvalue weighted by Crippen LogP contribution is -2.27. The van der Waals surface area contributed by atoms with Crippen molar-refractivity contribution in [2.24, 2.45) is 5.92 Å². The van der Waals surface area contributed by atoms with Crippen LogP contribution >= 0.6 is 11.3 Å². The zero-order valence-electron chi connectivity index (χ0n) is 17.7. The second kappa shape index (κ2) is 8.58. The Bertz CT molecular complexity index is 1170. The highest BCUT2D eigenvalue weighted by atomic mass is 32.1. The molecular formula is C24H27N3O2S. The number of nitrogens with zero attached hydrogens (tertiary/aromatic N) is 1. The Morgan fingerprint density at radius 1 is 1.10 bits per heavy atom. The van der Waals surface area contributed by atoms with E-state index in [2.05, 4.69) is 67.2 Å².